The Morgan fingerprint density at radius 3 is 2.69 bits per heavy atom. The first kappa shape index (κ1) is 18.8. The third-order valence-corrected chi connectivity index (χ3v) is 6.01. The number of benzene rings is 1. The highest BCUT2D eigenvalue weighted by molar-refractivity contribution is 7.89. The maximum atomic E-state index is 12.9. The van der Waals surface area contributed by atoms with E-state index in [9.17, 15) is 23.1 Å². The average Bonchev–Trinajstić information content (AvgIpc) is 2.89. The summed E-state index contributed by atoms with van der Waals surface area (Å²) in [5.41, 5.74) is 1.42. The number of carboxylic acid groups (broad SMARTS) is 1. The number of aliphatic carboxylic acids is 1. The van der Waals surface area contributed by atoms with Crippen LogP contribution in [0.15, 0.2) is 23.1 Å². The molecule has 1 fully saturated rings. The van der Waals surface area contributed by atoms with E-state index in [1.54, 1.807) is 15.9 Å². The summed E-state index contributed by atoms with van der Waals surface area (Å²) >= 11 is 0. The molecule has 3 N–H and O–H groups in total. The van der Waals surface area contributed by atoms with Gasteiger partial charge in [0.2, 0.25) is 15.9 Å². The Balaban J connectivity index is 1.82. The van der Waals surface area contributed by atoms with Crippen LogP contribution in [0.2, 0.25) is 0 Å². The van der Waals surface area contributed by atoms with Crippen molar-refractivity contribution >= 4 is 27.6 Å². The molecule has 2 heterocycles. The first-order chi connectivity index (χ1) is 12.2. The zero-order valence-electron chi connectivity index (χ0n) is 14.6. The lowest BCUT2D eigenvalue weighted by molar-refractivity contribution is -0.145. The summed E-state index contributed by atoms with van der Waals surface area (Å²) in [6.45, 7) is 2.51. The highest BCUT2D eigenvalue weighted by atomic mass is 32.2. The summed E-state index contributed by atoms with van der Waals surface area (Å²) in [5.74, 6) is -1.07. The van der Waals surface area contributed by atoms with Crippen LogP contribution in [0.3, 0.4) is 0 Å². The lowest BCUT2D eigenvalue weighted by Gasteiger charge is -2.34. The number of likely N-dealkylation sites (tertiary alicyclic amines) is 1. The smallest absolute Gasteiger partial charge is 0.320 e. The van der Waals surface area contributed by atoms with Crippen LogP contribution in [0, 0.1) is 0 Å². The Labute approximate surface area is 152 Å². The van der Waals surface area contributed by atoms with Gasteiger partial charge in [-0.25, -0.2) is 13.6 Å². The molecule has 26 heavy (non-hydrogen) atoms. The Kier molecular flexibility index (Phi) is 5.05. The fraction of sp³-hybridized carbons (Fsp3) is 0.529. The van der Waals surface area contributed by atoms with E-state index in [4.69, 9.17) is 5.14 Å². The van der Waals surface area contributed by atoms with Gasteiger partial charge in [-0.3, -0.25) is 14.5 Å². The minimum Gasteiger partial charge on any atom is -0.480 e. The Morgan fingerprint density at radius 2 is 2.04 bits per heavy atom. The molecule has 3 rings (SSSR count). The van der Waals surface area contributed by atoms with E-state index >= 15 is 0 Å². The fourth-order valence-electron chi connectivity index (χ4n) is 3.87. The molecule has 1 saturated heterocycles. The quantitative estimate of drug-likeness (QED) is 0.786. The van der Waals surface area contributed by atoms with Crippen molar-refractivity contribution in [1.82, 2.24) is 4.90 Å². The number of sulfonamides is 1. The second kappa shape index (κ2) is 6.98. The molecule has 0 aromatic heterocycles. The number of nitrogens with two attached hydrogens (primary N) is 1. The summed E-state index contributed by atoms with van der Waals surface area (Å²) in [6, 6.07) is 3.75. The standard InChI is InChI=1S/C17H23N3O5S/c1-11-8-12-9-13(26(18,24)25)5-6-14(12)20(11)16(21)10-19-7-3-2-4-15(19)17(22)23/h5-6,9,11,15H,2-4,7-8,10H2,1H3,(H,22,23)(H2,18,24,25). The Bertz CT molecular complexity index is 839. The van der Waals surface area contributed by atoms with Gasteiger partial charge in [-0.05, 0) is 56.5 Å². The normalized spacial score (nSPS) is 23.7. The zero-order chi connectivity index (χ0) is 19.1. The lowest BCUT2D eigenvalue weighted by atomic mass is 10.0. The van der Waals surface area contributed by atoms with Crippen LogP contribution in [-0.4, -0.2) is 55.5 Å². The van der Waals surface area contributed by atoms with Crippen LogP contribution in [-0.2, 0) is 26.0 Å². The van der Waals surface area contributed by atoms with Crippen molar-refractivity contribution in [3.63, 3.8) is 0 Å². The molecule has 8 nitrogen and oxygen atoms in total. The molecule has 1 aromatic rings. The maximum Gasteiger partial charge on any atom is 0.320 e. The summed E-state index contributed by atoms with van der Waals surface area (Å²) in [6.07, 6.45) is 2.81. The van der Waals surface area contributed by atoms with Crippen LogP contribution in [0.1, 0.15) is 31.7 Å². The number of nitrogens with zero attached hydrogens (tertiary/aromatic N) is 2. The molecule has 2 aliphatic heterocycles. The van der Waals surface area contributed by atoms with Gasteiger partial charge >= 0.3 is 5.97 Å². The number of anilines is 1. The van der Waals surface area contributed by atoms with Crippen LogP contribution < -0.4 is 10.0 Å². The van der Waals surface area contributed by atoms with E-state index in [-0.39, 0.29) is 23.4 Å². The molecular formula is C17H23N3O5S. The molecule has 0 aliphatic carbocycles. The van der Waals surface area contributed by atoms with Gasteiger partial charge in [0, 0.05) is 11.7 Å². The predicted molar refractivity (Wildman–Crippen MR) is 95.3 cm³/mol. The SMILES string of the molecule is CC1Cc2cc(S(N)(=O)=O)ccc2N1C(=O)CN1CCCCC1C(=O)O. The Hall–Kier alpha value is -1.97. The van der Waals surface area contributed by atoms with E-state index in [0.29, 0.717) is 25.1 Å². The molecule has 1 amide bonds. The van der Waals surface area contributed by atoms with Crippen LogP contribution >= 0.6 is 0 Å². The third-order valence-electron chi connectivity index (χ3n) is 5.10. The van der Waals surface area contributed by atoms with Gasteiger partial charge < -0.3 is 10.0 Å². The monoisotopic (exact) mass is 381 g/mol. The van der Waals surface area contributed by atoms with Crippen LogP contribution in [0.4, 0.5) is 5.69 Å². The summed E-state index contributed by atoms with van der Waals surface area (Å²) < 4.78 is 23.1. The molecule has 0 radical (unpaired) electrons. The molecule has 142 valence electrons. The predicted octanol–water partition coefficient (Wildman–Crippen LogP) is 0.551. The Morgan fingerprint density at radius 1 is 1.31 bits per heavy atom. The van der Waals surface area contributed by atoms with Crippen LogP contribution in [0.5, 0.6) is 0 Å². The fourth-order valence-corrected chi connectivity index (χ4v) is 4.44. The number of hydrogen-bond donors (Lipinski definition) is 2. The summed E-state index contributed by atoms with van der Waals surface area (Å²) in [7, 11) is -3.80. The lowest BCUT2D eigenvalue weighted by Crippen LogP contribution is -2.50. The van der Waals surface area contributed by atoms with Gasteiger partial charge in [0.25, 0.3) is 0 Å². The number of carbonyl (C=O) groups is 2. The second-order valence-electron chi connectivity index (χ2n) is 6.97. The zero-order valence-corrected chi connectivity index (χ0v) is 15.4. The maximum absolute atomic E-state index is 12.9. The average molecular weight is 381 g/mol. The van der Waals surface area contributed by atoms with Crippen molar-refractivity contribution in [1.29, 1.82) is 0 Å². The van der Waals surface area contributed by atoms with Gasteiger partial charge in [-0.2, -0.15) is 0 Å². The number of carboxylic acids is 1. The van der Waals surface area contributed by atoms with E-state index < -0.39 is 22.0 Å². The van der Waals surface area contributed by atoms with Crippen molar-refractivity contribution < 1.29 is 23.1 Å². The van der Waals surface area contributed by atoms with E-state index in [1.807, 2.05) is 6.92 Å². The molecule has 0 saturated carbocycles. The summed E-state index contributed by atoms with van der Waals surface area (Å²) in [5, 5.41) is 14.5. The minimum absolute atomic E-state index is 0.0275. The number of primary sulfonamides is 1. The number of carbonyl (C=O) groups excluding carboxylic acids is 1. The third kappa shape index (κ3) is 3.60. The first-order valence-corrected chi connectivity index (χ1v) is 10.2. The number of amides is 1. The molecular weight excluding hydrogens is 358 g/mol. The topological polar surface area (TPSA) is 121 Å². The number of hydrogen-bond acceptors (Lipinski definition) is 5. The number of fused-ring (bicyclic) bond motifs is 1. The van der Waals surface area contributed by atoms with Crippen molar-refractivity contribution in [3.8, 4) is 0 Å². The van der Waals surface area contributed by atoms with Gasteiger partial charge in [0.05, 0.1) is 11.4 Å². The van der Waals surface area contributed by atoms with E-state index in [2.05, 4.69) is 0 Å². The molecule has 2 atom stereocenters. The highest BCUT2D eigenvalue weighted by Gasteiger charge is 2.35. The van der Waals surface area contributed by atoms with Crippen molar-refractivity contribution in [3.05, 3.63) is 23.8 Å². The van der Waals surface area contributed by atoms with E-state index in [1.165, 1.54) is 12.1 Å². The molecule has 0 spiro atoms. The van der Waals surface area contributed by atoms with E-state index in [0.717, 1.165) is 18.4 Å². The molecule has 2 aliphatic rings. The largest absolute Gasteiger partial charge is 0.480 e. The van der Waals surface area contributed by atoms with Crippen LogP contribution in [0.25, 0.3) is 0 Å². The van der Waals surface area contributed by atoms with Gasteiger partial charge in [0.1, 0.15) is 6.04 Å². The molecule has 9 heteroatoms. The van der Waals surface area contributed by atoms with Crippen molar-refractivity contribution in [2.45, 2.75) is 49.6 Å². The highest BCUT2D eigenvalue weighted by Crippen LogP contribution is 2.34. The second-order valence-corrected chi connectivity index (χ2v) is 8.53. The van der Waals surface area contributed by atoms with Gasteiger partial charge in [-0.1, -0.05) is 6.42 Å². The number of piperidine rings is 1. The molecule has 1 aromatic carbocycles. The minimum atomic E-state index is -3.80. The molecule has 0 bridgehead atoms. The molecule has 2 unspecified atom stereocenters. The first-order valence-electron chi connectivity index (χ1n) is 8.63. The number of rotatable bonds is 4. The van der Waals surface area contributed by atoms with Gasteiger partial charge in [-0.15, -0.1) is 0 Å². The summed E-state index contributed by atoms with van der Waals surface area (Å²) in [4.78, 5) is 27.7. The van der Waals surface area contributed by atoms with Crippen molar-refractivity contribution in [2.75, 3.05) is 18.0 Å². The van der Waals surface area contributed by atoms with Crippen molar-refractivity contribution in [2.24, 2.45) is 5.14 Å². The van der Waals surface area contributed by atoms with Gasteiger partial charge in [0.15, 0.2) is 0 Å².